The lowest BCUT2D eigenvalue weighted by molar-refractivity contribution is -0.282. The fourth-order valence-electron chi connectivity index (χ4n) is 3.57. The lowest BCUT2D eigenvalue weighted by atomic mass is 9.97. The third kappa shape index (κ3) is 7.83. The molecule has 208 valence electrons. The van der Waals surface area contributed by atoms with E-state index in [1.54, 1.807) is 0 Å². The van der Waals surface area contributed by atoms with Gasteiger partial charge in [-0.1, -0.05) is 0 Å². The van der Waals surface area contributed by atoms with Crippen molar-refractivity contribution < 1.29 is 61.9 Å². The smallest absolute Gasteiger partial charge is 0.339 e. The molecule has 1 aromatic carbocycles. The summed E-state index contributed by atoms with van der Waals surface area (Å²) >= 11 is 5.36. The van der Waals surface area contributed by atoms with Gasteiger partial charge in [-0.25, -0.2) is 4.79 Å². The molecule has 0 radical (unpaired) electrons. The van der Waals surface area contributed by atoms with Crippen molar-refractivity contribution >= 4 is 46.8 Å². The molecule has 14 heteroatoms. The molecule has 0 aromatic heterocycles. The van der Waals surface area contributed by atoms with Crippen LogP contribution in [-0.4, -0.2) is 81.2 Å². The van der Waals surface area contributed by atoms with E-state index in [9.17, 15) is 24.0 Å². The number of ether oxygens (including phenoxy) is 8. The normalized spacial score (nSPS) is 22.7. The van der Waals surface area contributed by atoms with Crippen molar-refractivity contribution in [2.45, 2.75) is 51.5 Å². The molecule has 0 spiro atoms. The van der Waals surface area contributed by atoms with Crippen LogP contribution < -0.4 is 14.2 Å². The number of carbonyl (C=O) groups is 5. The Hall–Kier alpha value is -3.84. The second-order valence-corrected chi connectivity index (χ2v) is 8.05. The number of hydrogen-bond acceptors (Lipinski definition) is 13. The summed E-state index contributed by atoms with van der Waals surface area (Å²) in [6, 6.07) is 2.95. The van der Waals surface area contributed by atoms with Crippen molar-refractivity contribution in [1.29, 1.82) is 0 Å². The van der Waals surface area contributed by atoms with Crippen LogP contribution in [0.15, 0.2) is 18.2 Å². The summed E-state index contributed by atoms with van der Waals surface area (Å²) in [5.41, 5.74) is 0.446. The van der Waals surface area contributed by atoms with E-state index in [2.05, 4.69) is 0 Å². The average Bonchev–Trinajstić information content (AvgIpc) is 2.84. The predicted molar refractivity (Wildman–Crippen MR) is 127 cm³/mol. The molecule has 0 bridgehead atoms. The number of esters is 4. The van der Waals surface area contributed by atoms with Gasteiger partial charge in [0.05, 0.1) is 21.3 Å². The second-order valence-electron chi connectivity index (χ2n) is 7.68. The van der Waals surface area contributed by atoms with Gasteiger partial charge in [-0.2, -0.15) is 0 Å². The maximum Gasteiger partial charge on any atom is 0.339 e. The van der Waals surface area contributed by atoms with E-state index in [0.717, 1.165) is 34.0 Å². The highest BCUT2D eigenvalue weighted by Crippen LogP contribution is 2.41. The van der Waals surface area contributed by atoms with Crippen LogP contribution in [0.25, 0.3) is 6.08 Å². The molecule has 1 heterocycles. The number of hydrogen-bond donors (Lipinski definition) is 0. The van der Waals surface area contributed by atoms with Crippen LogP contribution in [0.1, 0.15) is 26.3 Å². The van der Waals surface area contributed by atoms with Gasteiger partial charge in [0.15, 0.2) is 29.8 Å². The molecule has 0 unspecified atom stereocenters. The first-order valence-electron chi connectivity index (χ1n) is 11.0. The molecular weight excluding hydrogens is 532 g/mol. The van der Waals surface area contributed by atoms with Crippen LogP contribution in [0.4, 0.5) is 0 Å². The Balaban J connectivity index is 2.65. The molecule has 0 aliphatic carbocycles. The first kappa shape index (κ1) is 30.4. The van der Waals surface area contributed by atoms with E-state index in [1.165, 1.54) is 32.4 Å². The fraction of sp³-hybridized carbons (Fsp3) is 0.458. The predicted octanol–water partition coefficient (Wildman–Crippen LogP) is 1.55. The topological polar surface area (TPSA) is 159 Å². The highest BCUT2D eigenvalue weighted by molar-refractivity contribution is 6.66. The van der Waals surface area contributed by atoms with Gasteiger partial charge in [0.2, 0.25) is 23.4 Å². The summed E-state index contributed by atoms with van der Waals surface area (Å²) in [5, 5.41) is -0.712. The Bertz CT molecular complexity index is 1070. The van der Waals surface area contributed by atoms with Crippen molar-refractivity contribution in [3.8, 4) is 17.2 Å². The molecule has 0 N–H and O–H groups in total. The van der Waals surface area contributed by atoms with Crippen LogP contribution in [0.2, 0.25) is 0 Å². The zero-order valence-electron chi connectivity index (χ0n) is 21.4. The van der Waals surface area contributed by atoms with Gasteiger partial charge in [-0.15, -0.1) is 0 Å². The highest BCUT2D eigenvalue weighted by atomic mass is 35.5. The molecule has 1 aromatic rings. The third-order valence-electron chi connectivity index (χ3n) is 4.96. The average molecular weight is 559 g/mol. The Morgan fingerprint density at radius 3 is 1.76 bits per heavy atom. The third-order valence-corrected chi connectivity index (χ3v) is 5.08. The molecule has 2 rings (SSSR count). The molecule has 0 saturated carbocycles. The molecule has 1 saturated heterocycles. The van der Waals surface area contributed by atoms with Crippen molar-refractivity contribution in [2.75, 3.05) is 21.3 Å². The molecule has 1 fully saturated rings. The monoisotopic (exact) mass is 558 g/mol. The van der Waals surface area contributed by atoms with Gasteiger partial charge in [-0.3, -0.25) is 19.2 Å². The van der Waals surface area contributed by atoms with Crippen molar-refractivity contribution in [3.63, 3.8) is 0 Å². The lowest BCUT2D eigenvalue weighted by Gasteiger charge is -2.43. The number of benzene rings is 1. The molecule has 38 heavy (non-hydrogen) atoms. The number of allylic oxidation sites excluding steroid dienone is 1. The van der Waals surface area contributed by atoms with Crippen LogP contribution >= 0.6 is 11.6 Å². The zero-order chi connectivity index (χ0) is 28.6. The summed E-state index contributed by atoms with van der Waals surface area (Å²) < 4.78 is 43.2. The van der Waals surface area contributed by atoms with E-state index in [1.807, 2.05) is 0 Å². The van der Waals surface area contributed by atoms with E-state index in [4.69, 9.17) is 49.5 Å². The van der Waals surface area contributed by atoms with Gasteiger partial charge >= 0.3 is 23.9 Å². The fourth-order valence-corrected chi connectivity index (χ4v) is 3.63. The Morgan fingerprint density at radius 1 is 0.816 bits per heavy atom. The minimum Gasteiger partial charge on any atom is -0.493 e. The Labute approximate surface area is 222 Å². The van der Waals surface area contributed by atoms with Gasteiger partial charge in [0.25, 0.3) is 0 Å². The standard InChI is InChI=1S/C24H27ClO13/c1-11(26)34-19-20(35-12(2)27)22(36-13(3)28)24(38-21(19)23(30)33-6)37-18-15(31-4)9-14(7-8-17(25)29)10-16(18)32-5/h7-10,19-22,24H,1-6H3/b8-7+/t19-,20-,21-,22+,24+/m0/s1. The quantitative estimate of drug-likeness (QED) is 0.176. The van der Waals surface area contributed by atoms with Gasteiger partial charge in [-0.05, 0) is 41.4 Å². The lowest BCUT2D eigenvalue weighted by Crippen LogP contribution is -2.64. The SMILES string of the molecule is COC(=O)[C@H]1O[C@@H](Oc2c(OC)cc(/C=C/C(=O)Cl)cc2OC)[C@H](OC(C)=O)[C@@H](OC(C)=O)[C@@H]1OC(C)=O. The Kier molecular flexibility index (Phi) is 10.9. The van der Waals surface area contributed by atoms with Crippen LogP contribution in [0.5, 0.6) is 17.2 Å². The summed E-state index contributed by atoms with van der Waals surface area (Å²) in [5.74, 6) is -3.40. The summed E-state index contributed by atoms with van der Waals surface area (Å²) in [7, 11) is 3.71. The molecule has 5 atom stereocenters. The first-order valence-corrected chi connectivity index (χ1v) is 11.3. The zero-order valence-corrected chi connectivity index (χ0v) is 22.1. The molecular formula is C24H27ClO13. The summed E-state index contributed by atoms with van der Waals surface area (Å²) in [6.07, 6.45) is -5.42. The van der Waals surface area contributed by atoms with Crippen LogP contribution in [0.3, 0.4) is 0 Å². The number of halogens is 1. The van der Waals surface area contributed by atoms with Gasteiger partial charge in [0, 0.05) is 20.8 Å². The first-order chi connectivity index (χ1) is 17.9. The largest absolute Gasteiger partial charge is 0.493 e. The number of carbonyl (C=O) groups excluding carboxylic acids is 5. The van der Waals surface area contributed by atoms with Crippen molar-refractivity contribution in [2.24, 2.45) is 0 Å². The maximum absolute atomic E-state index is 12.6. The summed E-state index contributed by atoms with van der Waals surface area (Å²) in [4.78, 5) is 59.5. The number of rotatable bonds is 10. The van der Waals surface area contributed by atoms with E-state index in [-0.39, 0.29) is 17.2 Å². The van der Waals surface area contributed by atoms with Gasteiger partial charge in [0.1, 0.15) is 0 Å². The van der Waals surface area contributed by atoms with Crippen molar-refractivity contribution in [1.82, 2.24) is 0 Å². The molecule has 13 nitrogen and oxygen atoms in total. The molecule has 1 aliphatic heterocycles. The second kappa shape index (κ2) is 13.6. The van der Waals surface area contributed by atoms with Crippen molar-refractivity contribution in [3.05, 3.63) is 23.8 Å². The van der Waals surface area contributed by atoms with E-state index < -0.39 is 59.8 Å². The van der Waals surface area contributed by atoms with Crippen LogP contribution in [-0.2, 0) is 47.7 Å². The maximum atomic E-state index is 12.6. The van der Waals surface area contributed by atoms with Gasteiger partial charge < -0.3 is 37.9 Å². The number of methoxy groups -OCH3 is 3. The minimum atomic E-state index is -1.65. The molecule has 0 amide bonds. The summed E-state index contributed by atoms with van der Waals surface area (Å²) in [6.45, 7) is 3.21. The highest BCUT2D eigenvalue weighted by Gasteiger charge is 2.56. The van der Waals surface area contributed by atoms with Crippen LogP contribution in [0, 0.1) is 0 Å². The minimum absolute atomic E-state index is 0.0670. The van der Waals surface area contributed by atoms with E-state index in [0.29, 0.717) is 5.56 Å². The Morgan fingerprint density at radius 2 is 1.32 bits per heavy atom. The van der Waals surface area contributed by atoms with E-state index >= 15 is 0 Å². The molecule has 1 aliphatic rings.